The van der Waals surface area contributed by atoms with Crippen molar-refractivity contribution in [1.82, 2.24) is 0 Å². The topological polar surface area (TPSA) is 17.1 Å². The van der Waals surface area contributed by atoms with Crippen molar-refractivity contribution in [3.8, 4) is 0 Å². The highest BCUT2D eigenvalue weighted by molar-refractivity contribution is 5.89. The summed E-state index contributed by atoms with van der Waals surface area (Å²) in [6.07, 6.45) is 2.93. The van der Waals surface area contributed by atoms with Gasteiger partial charge in [0.15, 0.2) is 0 Å². The van der Waals surface area contributed by atoms with Gasteiger partial charge in [-0.05, 0) is 24.2 Å². The van der Waals surface area contributed by atoms with Gasteiger partial charge >= 0.3 is 0 Å². The largest absolute Gasteiger partial charge is 0.299 e. The number of hydrogen-bond donors (Lipinski definition) is 0. The highest BCUT2D eigenvalue weighted by atomic mass is 16.1. The lowest BCUT2D eigenvalue weighted by Gasteiger charge is -2.32. The lowest BCUT2D eigenvalue weighted by molar-refractivity contribution is -0.128. The van der Waals surface area contributed by atoms with Gasteiger partial charge in [0.2, 0.25) is 0 Å². The van der Waals surface area contributed by atoms with Crippen LogP contribution in [0.4, 0.5) is 0 Å². The van der Waals surface area contributed by atoms with Crippen LogP contribution in [0.3, 0.4) is 0 Å². The molecule has 2 rings (SSSR count). The molecule has 0 aliphatic heterocycles. The van der Waals surface area contributed by atoms with Gasteiger partial charge in [-0.2, -0.15) is 0 Å². The van der Waals surface area contributed by atoms with E-state index in [0.29, 0.717) is 18.6 Å². The third-order valence-electron chi connectivity index (χ3n) is 4.20. The summed E-state index contributed by atoms with van der Waals surface area (Å²) in [6, 6.07) is 0. The van der Waals surface area contributed by atoms with Crippen LogP contribution in [-0.4, -0.2) is 5.78 Å². The summed E-state index contributed by atoms with van der Waals surface area (Å²) in [7, 11) is 0. The molecule has 2 fully saturated rings. The number of fused-ring (bicyclic) bond motifs is 2. The summed E-state index contributed by atoms with van der Waals surface area (Å²) in [5.74, 6) is 0.918. The molecule has 3 atom stereocenters. The molecule has 0 aromatic heterocycles. The van der Waals surface area contributed by atoms with E-state index in [4.69, 9.17) is 1.37 Å². The van der Waals surface area contributed by atoms with Gasteiger partial charge in [0.05, 0.1) is 0 Å². The fraction of sp³-hybridized carbons (Fsp3) is 0.900. The van der Waals surface area contributed by atoms with E-state index in [0.717, 1.165) is 19.3 Å². The number of carbonyl (C=O) groups is 1. The van der Waals surface area contributed by atoms with Crippen molar-refractivity contribution >= 4 is 5.78 Å². The Hall–Kier alpha value is -0.330. The van der Waals surface area contributed by atoms with Crippen LogP contribution in [-0.2, 0) is 4.79 Å². The van der Waals surface area contributed by atoms with Crippen LogP contribution in [0.1, 0.15) is 41.4 Å². The lowest BCUT2D eigenvalue weighted by atomic mass is 9.70. The summed E-state index contributed by atoms with van der Waals surface area (Å²) in [4.78, 5) is 11.6. The van der Waals surface area contributed by atoms with E-state index in [1.165, 1.54) is 0 Å². The molecule has 0 N–H and O–H groups in total. The minimum Gasteiger partial charge on any atom is -0.299 e. The molecular weight excluding hydrogens is 136 g/mol. The molecule has 3 unspecified atom stereocenters. The van der Waals surface area contributed by atoms with Crippen molar-refractivity contribution in [3.63, 3.8) is 0 Å². The van der Waals surface area contributed by atoms with Gasteiger partial charge in [0, 0.05) is 13.2 Å². The second kappa shape index (κ2) is 1.70. The van der Waals surface area contributed by atoms with Crippen molar-refractivity contribution in [3.05, 3.63) is 0 Å². The Bertz CT molecular complexity index is 238. The molecule has 1 nitrogen and oxygen atoms in total. The Morgan fingerprint density at radius 3 is 2.64 bits per heavy atom. The first kappa shape index (κ1) is 6.22. The first-order chi connectivity index (χ1) is 5.54. The Morgan fingerprint density at radius 1 is 1.64 bits per heavy atom. The molecule has 2 aliphatic rings. The second-order valence-electron chi connectivity index (χ2n) is 4.61. The minimum atomic E-state index is -0.153. The van der Waals surface area contributed by atoms with E-state index in [1.54, 1.807) is 0 Å². The molecule has 0 aromatic rings. The van der Waals surface area contributed by atoms with Crippen LogP contribution in [0, 0.1) is 16.7 Å². The molecule has 2 saturated carbocycles. The summed E-state index contributed by atoms with van der Waals surface area (Å²) in [5, 5.41) is 0. The predicted octanol–water partition coefficient (Wildman–Crippen LogP) is 2.40. The molecule has 62 valence electrons. The highest BCUT2D eigenvalue weighted by Crippen LogP contribution is 2.63. The molecule has 0 saturated heterocycles. The smallest absolute Gasteiger partial charge is 0.139 e. The normalized spacial score (nSPS) is 56.7. The van der Waals surface area contributed by atoms with Crippen LogP contribution < -0.4 is 0 Å². The Kier molecular flexibility index (Phi) is 0.961. The molecule has 0 spiro atoms. The monoisotopic (exact) mass is 153 g/mol. The maximum absolute atomic E-state index is 11.6. The first-order valence-corrected chi connectivity index (χ1v) is 4.37. The maximum Gasteiger partial charge on any atom is 0.139 e. The summed E-state index contributed by atoms with van der Waals surface area (Å²) >= 11 is 0. The van der Waals surface area contributed by atoms with E-state index in [2.05, 4.69) is 13.8 Å². The molecule has 2 aliphatic carbocycles. The number of carbonyl (C=O) groups excluding carboxylic acids is 1. The molecule has 11 heavy (non-hydrogen) atoms. The van der Waals surface area contributed by atoms with Crippen molar-refractivity contribution < 1.29 is 6.17 Å². The van der Waals surface area contributed by atoms with Gasteiger partial charge in [-0.3, -0.25) is 4.79 Å². The van der Waals surface area contributed by atoms with Crippen LogP contribution in [0.5, 0.6) is 0 Å². The average Bonchev–Trinajstić information content (AvgIpc) is 2.39. The fourth-order valence-corrected chi connectivity index (χ4v) is 2.75. The highest BCUT2D eigenvalue weighted by Gasteiger charge is 2.61. The number of Topliss-reactive ketones (excluding diaryl/α,β-unsaturated/α-hetero) is 1. The molecule has 0 aromatic carbocycles. The lowest BCUT2D eigenvalue weighted by Crippen LogP contribution is -2.32. The van der Waals surface area contributed by atoms with E-state index >= 15 is 0 Å². The summed E-state index contributed by atoms with van der Waals surface area (Å²) in [6.45, 7) is 4.61. The zero-order valence-electron chi connectivity index (χ0n) is 8.31. The maximum atomic E-state index is 11.6. The number of ketones is 1. The quantitative estimate of drug-likeness (QED) is 0.522. The predicted molar refractivity (Wildman–Crippen MR) is 44.2 cm³/mol. The third-order valence-corrected chi connectivity index (χ3v) is 4.20. The van der Waals surface area contributed by atoms with E-state index < -0.39 is 0 Å². The van der Waals surface area contributed by atoms with Gasteiger partial charge < -0.3 is 0 Å². The zero-order valence-corrected chi connectivity index (χ0v) is 7.31. The Balaban J connectivity index is 2.44. The Morgan fingerprint density at radius 2 is 2.36 bits per heavy atom. The van der Waals surface area contributed by atoms with E-state index in [-0.39, 0.29) is 10.8 Å². The molecule has 1 heteroatoms. The van der Waals surface area contributed by atoms with Gasteiger partial charge in [0.1, 0.15) is 5.78 Å². The molecule has 0 radical (unpaired) electrons. The van der Waals surface area contributed by atoms with Gasteiger partial charge in [0.25, 0.3) is 0 Å². The first-order valence-electron chi connectivity index (χ1n) is 5.08. The van der Waals surface area contributed by atoms with E-state index in [1.807, 2.05) is 0 Å². The minimum absolute atomic E-state index is 0.00984. The fourth-order valence-electron chi connectivity index (χ4n) is 2.75. The van der Waals surface area contributed by atoms with Gasteiger partial charge in [-0.1, -0.05) is 20.7 Å². The van der Waals surface area contributed by atoms with Crippen LogP contribution in [0.2, 0.25) is 0 Å². The SMILES string of the molecule is [2H]CC1(C)C2CCC1(C)C(=O)C2. The molecular formula is C10H16O. The summed E-state index contributed by atoms with van der Waals surface area (Å²) in [5.41, 5.74) is -0.163. The molecule has 2 bridgehead atoms. The van der Waals surface area contributed by atoms with Crippen LogP contribution >= 0.6 is 0 Å². The number of hydrogen-bond acceptors (Lipinski definition) is 1. The third kappa shape index (κ3) is 0.605. The molecule has 0 amide bonds. The van der Waals surface area contributed by atoms with Gasteiger partial charge in [-0.15, -0.1) is 0 Å². The van der Waals surface area contributed by atoms with E-state index in [9.17, 15) is 4.79 Å². The van der Waals surface area contributed by atoms with Crippen molar-refractivity contribution in [2.45, 2.75) is 40.0 Å². The second-order valence-corrected chi connectivity index (χ2v) is 4.61. The standard InChI is InChI=1S/C10H16O/c1-9(2)7-4-5-10(9,3)8(11)6-7/h7H,4-6H2,1-3H3/i1D. The zero-order chi connectivity index (χ0) is 8.98. The van der Waals surface area contributed by atoms with Crippen LogP contribution in [0.25, 0.3) is 0 Å². The van der Waals surface area contributed by atoms with Crippen molar-refractivity contribution in [2.75, 3.05) is 0 Å². The van der Waals surface area contributed by atoms with Gasteiger partial charge in [-0.25, -0.2) is 0 Å². The number of rotatable bonds is 0. The summed E-state index contributed by atoms with van der Waals surface area (Å²) < 4.78 is 7.56. The van der Waals surface area contributed by atoms with Crippen LogP contribution in [0.15, 0.2) is 0 Å². The van der Waals surface area contributed by atoms with Crippen molar-refractivity contribution in [2.24, 2.45) is 16.7 Å². The Labute approximate surface area is 69.6 Å². The van der Waals surface area contributed by atoms with Crippen molar-refractivity contribution in [1.29, 1.82) is 0 Å². The molecule has 0 heterocycles. The average molecular weight is 153 g/mol.